The largest absolute Gasteiger partial charge is 0.459 e. The molecular weight excluding hydrogens is 280 g/mol. The first-order valence-corrected chi connectivity index (χ1v) is 7.31. The van der Waals surface area contributed by atoms with Gasteiger partial charge in [0.05, 0.1) is 11.2 Å². The molecule has 0 aliphatic heterocycles. The highest BCUT2D eigenvalue weighted by molar-refractivity contribution is 7.89. The molecule has 0 fully saturated rings. The van der Waals surface area contributed by atoms with E-state index >= 15 is 0 Å². The zero-order valence-corrected chi connectivity index (χ0v) is 11.8. The Hall–Kier alpha value is -2.12. The van der Waals surface area contributed by atoms with Crippen molar-refractivity contribution in [2.75, 3.05) is 0 Å². The standard InChI is InChI=1S/C13H14N2O4S/c1-9-5-6-11(8-10(9)2)20(17,18)15-14-13(16)12-4-3-7-19-12/h3-8,15H,1-2H3,(H,14,16). The van der Waals surface area contributed by atoms with Crippen molar-refractivity contribution in [1.29, 1.82) is 0 Å². The Morgan fingerprint density at radius 2 is 1.90 bits per heavy atom. The van der Waals surface area contributed by atoms with Crippen molar-refractivity contribution in [2.45, 2.75) is 18.7 Å². The number of hydrogen-bond acceptors (Lipinski definition) is 4. The summed E-state index contributed by atoms with van der Waals surface area (Å²) in [6.45, 7) is 3.70. The Morgan fingerprint density at radius 3 is 2.50 bits per heavy atom. The fraction of sp³-hybridized carbons (Fsp3) is 0.154. The number of furan rings is 1. The Bertz CT molecular complexity index is 721. The molecule has 106 valence electrons. The van der Waals surface area contributed by atoms with E-state index in [-0.39, 0.29) is 10.7 Å². The van der Waals surface area contributed by atoms with Gasteiger partial charge < -0.3 is 4.42 Å². The lowest BCUT2D eigenvalue weighted by atomic mass is 10.1. The molecule has 1 amide bonds. The number of hydrogen-bond donors (Lipinski definition) is 2. The molecule has 20 heavy (non-hydrogen) atoms. The van der Waals surface area contributed by atoms with E-state index in [0.29, 0.717) is 0 Å². The van der Waals surface area contributed by atoms with Gasteiger partial charge in [0.1, 0.15) is 0 Å². The summed E-state index contributed by atoms with van der Waals surface area (Å²) in [6, 6.07) is 7.69. The van der Waals surface area contributed by atoms with Crippen LogP contribution in [0.3, 0.4) is 0 Å². The molecule has 2 N–H and O–H groups in total. The number of benzene rings is 1. The van der Waals surface area contributed by atoms with Crippen LogP contribution < -0.4 is 10.3 Å². The number of carbonyl (C=O) groups excluding carboxylic acids is 1. The minimum absolute atomic E-state index is 0.0211. The number of sulfonamides is 1. The molecule has 1 aromatic heterocycles. The van der Waals surface area contributed by atoms with Gasteiger partial charge in [-0.3, -0.25) is 10.2 Å². The Labute approximate surface area is 116 Å². The van der Waals surface area contributed by atoms with Crippen molar-refractivity contribution in [3.05, 3.63) is 53.5 Å². The first kappa shape index (κ1) is 14.3. The lowest BCUT2D eigenvalue weighted by molar-refractivity contribution is 0.0917. The number of hydrazine groups is 1. The van der Waals surface area contributed by atoms with Crippen LogP contribution in [-0.2, 0) is 10.0 Å². The van der Waals surface area contributed by atoms with Gasteiger partial charge in [-0.05, 0) is 49.2 Å². The predicted molar refractivity (Wildman–Crippen MR) is 72.4 cm³/mol. The van der Waals surface area contributed by atoms with E-state index in [1.54, 1.807) is 6.07 Å². The highest BCUT2D eigenvalue weighted by Gasteiger charge is 2.17. The van der Waals surface area contributed by atoms with Crippen LogP contribution in [0.5, 0.6) is 0 Å². The van der Waals surface area contributed by atoms with E-state index < -0.39 is 15.9 Å². The van der Waals surface area contributed by atoms with Crippen LogP contribution >= 0.6 is 0 Å². The second-order valence-corrected chi connectivity index (χ2v) is 5.97. The molecule has 0 radical (unpaired) electrons. The molecule has 0 unspecified atom stereocenters. The highest BCUT2D eigenvalue weighted by Crippen LogP contribution is 2.14. The molecule has 7 heteroatoms. The quantitative estimate of drug-likeness (QED) is 0.837. The molecule has 2 rings (SSSR count). The van der Waals surface area contributed by atoms with Crippen LogP contribution in [-0.4, -0.2) is 14.3 Å². The molecule has 0 aliphatic rings. The average Bonchev–Trinajstić information content (AvgIpc) is 2.93. The normalized spacial score (nSPS) is 11.3. The molecule has 1 aromatic carbocycles. The van der Waals surface area contributed by atoms with Crippen molar-refractivity contribution < 1.29 is 17.6 Å². The summed E-state index contributed by atoms with van der Waals surface area (Å²) in [7, 11) is -3.81. The van der Waals surface area contributed by atoms with Gasteiger partial charge in [-0.2, -0.15) is 0 Å². The third kappa shape index (κ3) is 3.06. The smallest absolute Gasteiger partial charge is 0.301 e. The molecule has 0 saturated heterocycles. The maximum absolute atomic E-state index is 12.0. The minimum Gasteiger partial charge on any atom is -0.459 e. The lowest BCUT2D eigenvalue weighted by Gasteiger charge is -2.09. The molecule has 0 spiro atoms. The van der Waals surface area contributed by atoms with Gasteiger partial charge in [0.25, 0.3) is 10.0 Å². The summed E-state index contributed by atoms with van der Waals surface area (Å²) in [5, 5.41) is 0. The summed E-state index contributed by atoms with van der Waals surface area (Å²) < 4.78 is 28.9. The molecule has 6 nitrogen and oxygen atoms in total. The molecular formula is C13H14N2O4S. The predicted octanol–water partition coefficient (Wildman–Crippen LogP) is 1.52. The summed E-state index contributed by atoms with van der Waals surface area (Å²) in [5.74, 6) is -0.643. The second-order valence-electron chi connectivity index (χ2n) is 4.28. The summed E-state index contributed by atoms with van der Waals surface area (Å²) >= 11 is 0. The molecule has 0 bridgehead atoms. The van der Waals surface area contributed by atoms with Crippen LogP contribution in [0, 0.1) is 13.8 Å². The number of carbonyl (C=O) groups is 1. The van der Waals surface area contributed by atoms with E-state index in [1.807, 2.05) is 18.7 Å². The van der Waals surface area contributed by atoms with Crippen molar-refractivity contribution in [1.82, 2.24) is 10.3 Å². The third-order valence-corrected chi connectivity index (χ3v) is 4.08. The first-order valence-electron chi connectivity index (χ1n) is 5.83. The van der Waals surface area contributed by atoms with Crippen LogP contribution in [0.1, 0.15) is 21.7 Å². The molecule has 0 aliphatic carbocycles. The van der Waals surface area contributed by atoms with Crippen molar-refractivity contribution in [3.63, 3.8) is 0 Å². The Kier molecular flexibility index (Phi) is 3.91. The maximum atomic E-state index is 12.0. The van der Waals surface area contributed by atoms with Crippen LogP contribution in [0.2, 0.25) is 0 Å². The van der Waals surface area contributed by atoms with Gasteiger partial charge in [0, 0.05) is 0 Å². The number of rotatable bonds is 4. The van der Waals surface area contributed by atoms with E-state index in [4.69, 9.17) is 4.42 Å². The fourth-order valence-corrected chi connectivity index (χ4v) is 2.45. The van der Waals surface area contributed by atoms with Gasteiger partial charge in [-0.15, -0.1) is 4.83 Å². The second kappa shape index (κ2) is 5.48. The summed E-state index contributed by atoms with van der Waals surface area (Å²) in [6.07, 6.45) is 1.33. The molecule has 0 atom stereocenters. The molecule has 1 heterocycles. The zero-order chi connectivity index (χ0) is 14.8. The number of amides is 1. The Balaban J connectivity index is 2.11. The monoisotopic (exact) mass is 294 g/mol. The number of nitrogens with one attached hydrogen (secondary N) is 2. The summed E-state index contributed by atoms with van der Waals surface area (Å²) in [4.78, 5) is 13.7. The van der Waals surface area contributed by atoms with Crippen molar-refractivity contribution in [2.24, 2.45) is 0 Å². The highest BCUT2D eigenvalue weighted by atomic mass is 32.2. The van der Waals surface area contributed by atoms with E-state index in [1.165, 1.54) is 30.5 Å². The average molecular weight is 294 g/mol. The van der Waals surface area contributed by atoms with E-state index in [0.717, 1.165) is 11.1 Å². The van der Waals surface area contributed by atoms with Crippen LogP contribution in [0.15, 0.2) is 45.9 Å². The molecule has 2 aromatic rings. The van der Waals surface area contributed by atoms with Gasteiger partial charge in [0.2, 0.25) is 0 Å². The topological polar surface area (TPSA) is 88.4 Å². The minimum atomic E-state index is -3.81. The van der Waals surface area contributed by atoms with E-state index in [2.05, 4.69) is 5.43 Å². The number of aryl methyl sites for hydroxylation is 2. The van der Waals surface area contributed by atoms with Gasteiger partial charge >= 0.3 is 5.91 Å². The maximum Gasteiger partial charge on any atom is 0.301 e. The van der Waals surface area contributed by atoms with Gasteiger partial charge in [-0.1, -0.05) is 6.07 Å². The van der Waals surface area contributed by atoms with Gasteiger partial charge in [-0.25, -0.2) is 8.42 Å². The van der Waals surface area contributed by atoms with E-state index in [9.17, 15) is 13.2 Å². The summed E-state index contributed by atoms with van der Waals surface area (Å²) in [5.41, 5.74) is 3.93. The van der Waals surface area contributed by atoms with Gasteiger partial charge in [0.15, 0.2) is 5.76 Å². The van der Waals surface area contributed by atoms with Crippen LogP contribution in [0.25, 0.3) is 0 Å². The lowest BCUT2D eigenvalue weighted by Crippen LogP contribution is -2.41. The first-order chi connectivity index (χ1) is 9.40. The fourth-order valence-electron chi connectivity index (χ4n) is 1.52. The third-order valence-electron chi connectivity index (χ3n) is 2.83. The zero-order valence-electron chi connectivity index (χ0n) is 11.0. The SMILES string of the molecule is Cc1ccc(S(=O)(=O)NNC(=O)c2ccco2)cc1C. The van der Waals surface area contributed by atoms with Crippen molar-refractivity contribution >= 4 is 15.9 Å². The van der Waals surface area contributed by atoms with Crippen LogP contribution in [0.4, 0.5) is 0 Å². The van der Waals surface area contributed by atoms with Crippen molar-refractivity contribution in [3.8, 4) is 0 Å². The molecule has 0 saturated carbocycles. The Morgan fingerprint density at radius 1 is 1.15 bits per heavy atom.